The number of aliphatic hydroxyl groups excluding tert-OH is 1. The van der Waals surface area contributed by atoms with Crippen molar-refractivity contribution < 1.29 is 29.7 Å². The molecule has 2 aromatic carbocycles. The van der Waals surface area contributed by atoms with E-state index >= 15 is 0 Å². The number of anilines is 1. The molecule has 0 saturated carbocycles. The predicted octanol–water partition coefficient (Wildman–Crippen LogP) is 3.45. The maximum atomic E-state index is 12.5. The first-order valence-electron chi connectivity index (χ1n) is 11.0. The van der Waals surface area contributed by atoms with Gasteiger partial charge in [-0.25, -0.2) is 4.79 Å². The second-order valence-electron chi connectivity index (χ2n) is 7.96. The molecule has 10 heteroatoms. The monoisotopic (exact) mass is 499 g/mol. The number of amides is 1. The molecule has 3 aromatic rings. The van der Waals surface area contributed by atoms with Gasteiger partial charge in [-0.1, -0.05) is 17.7 Å². The zero-order chi connectivity index (χ0) is 25.5. The number of hydrogen-bond acceptors (Lipinski definition) is 6. The van der Waals surface area contributed by atoms with Gasteiger partial charge in [-0.05, 0) is 61.4 Å². The zero-order valence-corrected chi connectivity index (χ0v) is 19.8. The fraction of sp³-hybridized carbons (Fsp3) is 0.280. The average Bonchev–Trinajstić information content (AvgIpc) is 2.84. The Bertz CT molecular complexity index is 1230. The Hall–Kier alpha value is -3.69. The summed E-state index contributed by atoms with van der Waals surface area (Å²) in [4.78, 5) is 41.0. The van der Waals surface area contributed by atoms with Gasteiger partial charge < -0.3 is 25.5 Å². The van der Waals surface area contributed by atoms with Crippen LogP contribution in [0.3, 0.4) is 0 Å². The van der Waals surface area contributed by atoms with Crippen molar-refractivity contribution in [2.45, 2.75) is 39.0 Å². The Labute approximate surface area is 207 Å². The summed E-state index contributed by atoms with van der Waals surface area (Å²) < 4.78 is 0. The van der Waals surface area contributed by atoms with Gasteiger partial charge in [0.2, 0.25) is 0 Å². The van der Waals surface area contributed by atoms with E-state index in [9.17, 15) is 24.6 Å². The van der Waals surface area contributed by atoms with Crippen molar-refractivity contribution in [3.8, 4) is 0 Å². The Balaban J connectivity index is 1.72. The van der Waals surface area contributed by atoms with Crippen LogP contribution in [0.4, 0.5) is 5.69 Å². The number of benzene rings is 2. The highest BCUT2D eigenvalue weighted by molar-refractivity contribution is 6.35. The van der Waals surface area contributed by atoms with E-state index in [0.29, 0.717) is 29.3 Å². The molecule has 1 amide bonds. The predicted molar refractivity (Wildman–Crippen MR) is 132 cm³/mol. The quantitative estimate of drug-likeness (QED) is 0.314. The number of aromatic nitrogens is 1. The largest absolute Gasteiger partial charge is 0.481 e. The minimum Gasteiger partial charge on any atom is -0.481 e. The van der Waals surface area contributed by atoms with Gasteiger partial charge in [0.05, 0.1) is 22.8 Å². The summed E-state index contributed by atoms with van der Waals surface area (Å²) in [7, 11) is 0. The number of carboxylic acids is 2. The number of hydrogen-bond donors (Lipinski definition) is 4. The van der Waals surface area contributed by atoms with Gasteiger partial charge in [0.1, 0.15) is 6.04 Å². The van der Waals surface area contributed by atoms with E-state index in [2.05, 4.69) is 15.2 Å². The highest BCUT2D eigenvalue weighted by Gasteiger charge is 2.21. The van der Waals surface area contributed by atoms with E-state index in [-0.39, 0.29) is 25.0 Å². The fourth-order valence-electron chi connectivity index (χ4n) is 3.66. The summed E-state index contributed by atoms with van der Waals surface area (Å²) >= 11 is 6.37. The van der Waals surface area contributed by atoms with Gasteiger partial charge in [0, 0.05) is 36.1 Å². The smallest absolute Gasteiger partial charge is 0.326 e. The van der Waals surface area contributed by atoms with Gasteiger partial charge in [-0.15, -0.1) is 0 Å². The zero-order valence-electron chi connectivity index (χ0n) is 19.1. The number of carbonyl (C=O) groups excluding carboxylic acids is 1. The maximum Gasteiger partial charge on any atom is 0.326 e. The Morgan fingerprint density at radius 3 is 2.40 bits per heavy atom. The first kappa shape index (κ1) is 25.9. The van der Waals surface area contributed by atoms with Crippen LogP contribution < -0.4 is 10.2 Å². The van der Waals surface area contributed by atoms with Crippen LogP contribution in [-0.2, 0) is 22.7 Å². The van der Waals surface area contributed by atoms with Crippen molar-refractivity contribution in [1.29, 1.82) is 0 Å². The number of carboxylic acid groups (broad SMARTS) is 2. The topological polar surface area (TPSA) is 140 Å². The summed E-state index contributed by atoms with van der Waals surface area (Å²) in [6, 6.07) is 12.9. The number of nitrogens with one attached hydrogen (secondary N) is 1. The molecule has 9 nitrogen and oxygen atoms in total. The van der Waals surface area contributed by atoms with E-state index in [4.69, 9.17) is 16.7 Å². The molecule has 0 spiro atoms. The molecule has 0 unspecified atom stereocenters. The van der Waals surface area contributed by atoms with Gasteiger partial charge in [-0.2, -0.15) is 0 Å². The number of nitrogens with zero attached hydrogens (tertiary/aromatic N) is 2. The molecule has 0 aliphatic carbocycles. The molecule has 0 aliphatic heterocycles. The molecule has 0 bridgehead atoms. The second-order valence-corrected chi connectivity index (χ2v) is 8.37. The lowest BCUT2D eigenvalue weighted by Crippen LogP contribution is -2.41. The van der Waals surface area contributed by atoms with E-state index in [0.717, 1.165) is 16.6 Å². The summed E-state index contributed by atoms with van der Waals surface area (Å²) in [6.07, 6.45) is -0.564. The molecule has 184 valence electrons. The molecule has 4 N–H and O–H groups in total. The number of aliphatic carboxylic acids is 2. The van der Waals surface area contributed by atoms with Crippen LogP contribution in [-0.4, -0.2) is 50.7 Å². The molecule has 1 atom stereocenters. The van der Waals surface area contributed by atoms with Crippen molar-refractivity contribution in [3.63, 3.8) is 0 Å². The Morgan fingerprint density at radius 2 is 1.80 bits per heavy atom. The number of rotatable bonds is 11. The van der Waals surface area contributed by atoms with Crippen molar-refractivity contribution in [2.24, 2.45) is 0 Å². The van der Waals surface area contributed by atoms with E-state index < -0.39 is 23.9 Å². The van der Waals surface area contributed by atoms with Gasteiger partial charge in [0.15, 0.2) is 0 Å². The minimum atomic E-state index is -1.29. The minimum absolute atomic E-state index is 0.186. The average molecular weight is 500 g/mol. The van der Waals surface area contributed by atoms with Crippen molar-refractivity contribution in [2.75, 3.05) is 11.4 Å². The normalized spacial score (nSPS) is 11.7. The Kier molecular flexibility index (Phi) is 8.62. The molecule has 1 aromatic heterocycles. The van der Waals surface area contributed by atoms with Crippen LogP contribution in [0.2, 0.25) is 5.02 Å². The SMILES string of the molecule is CCN(Cc1ccc2nc(CO)cc(Cl)c2c1)c1ccc(C(=O)N[C@@H](CCC(=O)O)C(=O)O)cc1. The summed E-state index contributed by atoms with van der Waals surface area (Å²) in [5.74, 6) is -3.00. The highest BCUT2D eigenvalue weighted by atomic mass is 35.5. The number of aliphatic hydroxyl groups is 1. The number of carbonyl (C=O) groups is 3. The molecule has 35 heavy (non-hydrogen) atoms. The molecule has 3 rings (SSSR count). The number of fused-ring (bicyclic) bond motifs is 1. The summed E-state index contributed by atoms with van der Waals surface area (Å²) in [6.45, 7) is 3.08. The molecular formula is C25H26ClN3O6. The summed E-state index contributed by atoms with van der Waals surface area (Å²) in [5.41, 5.74) is 3.35. The fourth-order valence-corrected chi connectivity index (χ4v) is 3.94. The highest BCUT2D eigenvalue weighted by Crippen LogP contribution is 2.26. The molecule has 0 aliphatic rings. The van der Waals surface area contributed by atoms with Gasteiger partial charge in [0.25, 0.3) is 5.91 Å². The van der Waals surface area contributed by atoms with Crippen LogP contribution in [0.1, 0.15) is 41.4 Å². The van der Waals surface area contributed by atoms with Crippen LogP contribution in [0.5, 0.6) is 0 Å². The van der Waals surface area contributed by atoms with E-state index in [1.54, 1.807) is 30.3 Å². The molecule has 1 heterocycles. The first-order chi connectivity index (χ1) is 16.7. The van der Waals surface area contributed by atoms with Crippen molar-refractivity contribution >= 4 is 46.0 Å². The number of pyridine rings is 1. The van der Waals surface area contributed by atoms with Gasteiger partial charge in [-0.3, -0.25) is 14.6 Å². The third-order valence-corrected chi connectivity index (χ3v) is 5.85. The lowest BCUT2D eigenvalue weighted by molar-refractivity contribution is -0.140. The van der Waals surface area contributed by atoms with Crippen LogP contribution >= 0.6 is 11.6 Å². The van der Waals surface area contributed by atoms with Gasteiger partial charge >= 0.3 is 11.9 Å². The lowest BCUT2D eigenvalue weighted by atomic mass is 10.1. The third-order valence-electron chi connectivity index (χ3n) is 5.54. The van der Waals surface area contributed by atoms with Crippen LogP contribution in [0.25, 0.3) is 10.9 Å². The lowest BCUT2D eigenvalue weighted by Gasteiger charge is -2.24. The summed E-state index contributed by atoms with van der Waals surface area (Å²) in [5, 5.41) is 31.0. The number of halogens is 1. The van der Waals surface area contributed by atoms with Crippen molar-refractivity contribution in [3.05, 3.63) is 70.4 Å². The first-order valence-corrected chi connectivity index (χ1v) is 11.4. The van der Waals surface area contributed by atoms with Crippen LogP contribution in [0, 0.1) is 0 Å². The maximum absolute atomic E-state index is 12.5. The third kappa shape index (κ3) is 6.68. The second kappa shape index (κ2) is 11.6. The van der Waals surface area contributed by atoms with E-state index in [1.165, 1.54) is 0 Å². The Morgan fingerprint density at radius 1 is 1.09 bits per heavy atom. The standard InChI is InChI=1S/C25H26ClN3O6/c1-2-29(13-15-3-8-21-19(11-15)20(26)12-17(14-30)27-21)18-6-4-16(5-7-18)24(33)28-22(25(34)35)9-10-23(31)32/h3-8,11-12,22,30H,2,9-10,13-14H2,1H3,(H,28,33)(H,31,32)(H,34,35)/t22-/m0/s1. The van der Waals surface area contributed by atoms with Crippen molar-refractivity contribution in [1.82, 2.24) is 10.3 Å². The van der Waals surface area contributed by atoms with Crippen LogP contribution in [0.15, 0.2) is 48.5 Å². The molecule has 0 radical (unpaired) electrons. The molecule has 0 fully saturated rings. The molecular weight excluding hydrogens is 474 g/mol. The van der Waals surface area contributed by atoms with E-state index in [1.807, 2.05) is 25.1 Å². The molecule has 0 saturated heterocycles.